The van der Waals surface area contributed by atoms with Crippen LogP contribution in [0.25, 0.3) is 0 Å². The number of hydrogen-bond acceptors (Lipinski definition) is 3. The lowest BCUT2D eigenvalue weighted by molar-refractivity contribution is -0.117. The van der Waals surface area contributed by atoms with E-state index in [4.69, 9.17) is 0 Å². The lowest BCUT2D eigenvalue weighted by Gasteiger charge is -2.10. The third-order valence-electron chi connectivity index (χ3n) is 2.29. The van der Waals surface area contributed by atoms with E-state index in [-0.39, 0.29) is 5.91 Å². The van der Waals surface area contributed by atoms with Gasteiger partial charge in [-0.25, -0.2) is 0 Å². The van der Waals surface area contributed by atoms with Gasteiger partial charge in [-0.3, -0.25) is 4.79 Å². The summed E-state index contributed by atoms with van der Waals surface area (Å²) in [5.74, 6) is 0.145. The molecule has 0 bridgehead atoms. The van der Waals surface area contributed by atoms with Crippen molar-refractivity contribution in [1.29, 1.82) is 0 Å². The standard InChI is InChI=1S/C9H10N2OS/c1-11-8-5-7(10-13)3-2-6(8)4-9(11)12/h2-3,5,10,13H,4H2,1H3. The van der Waals surface area contributed by atoms with Gasteiger partial charge >= 0.3 is 0 Å². The molecular weight excluding hydrogens is 184 g/mol. The van der Waals surface area contributed by atoms with Gasteiger partial charge in [0.1, 0.15) is 0 Å². The van der Waals surface area contributed by atoms with Crippen LogP contribution in [0.1, 0.15) is 5.56 Å². The van der Waals surface area contributed by atoms with Gasteiger partial charge in [0.15, 0.2) is 0 Å². The number of fused-ring (bicyclic) bond motifs is 1. The number of rotatable bonds is 1. The van der Waals surface area contributed by atoms with E-state index < -0.39 is 0 Å². The number of hydrogen-bond donors (Lipinski definition) is 2. The van der Waals surface area contributed by atoms with Crippen molar-refractivity contribution in [1.82, 2.24) is 0 Å². The molecule has 4 heteroatoms. The molecule has 1 aliphatic heterocycles. The Labute approximate surface area is 82.3 Å². The highest BCUT2D eigenvalue weighted by molar-refractivity contribution is 7.81. The van der Waals surface area contributed by atoms with E-state index in [0.717, 1.165) is 16.9 Å². The quantitative estimate of drug-likeness (QED) is 0.663. The summed E-state index contributed by atoms with van der Waals surface area (Å²) in [5.41, 5.74) is 2.97. The van der Waals surface area contributed by atoms with Crippen LogP contribution in [0, 0.1) is 0 Å². The molecule has 0 aliphatic carbocycles. The molecule has 2 rings (SSSR count). The maximum Gasteiger partial charge on any atom is 0.231 e. The summed E-state index contributed by atoms with van der Waals surface area (Å²) < 4.78 is 2.75. The Morgan fingerprint density at radius 3 is 3.00 bits per heavy atom. The Hall–Kier alpha value is -1.16. The lowest BCUT2D eigenvalue weighted by atomic mass is 10.1. The van der Waals surface area contributed by atoms with Crippen molar-refractivity contribution >= 4 is 30.1 Å². The van der Waals surface area contributed by atoms with Crippen molar-refractivity contribution in [2.24, 2.45) is 0 Å². The van der Waals surface area contributed by atoms with Gasteiger partial charge in [0.05, 0.1) is 6.42 Å². The van der Waals surface area contributed by atoms with E-state index in [0.29, 0.717) is 6.42 Å². The summed E-state index contributed by atoms with van der Waals surface area (Å²) in [4.78, 5) is 13.0. The molecule has 0 aromatic heterocycles. The molecule has 1 aromatic rings. The average molecular weight is 194 g/mol. The molecule has 1 N–H and O–H groups in total. The van der Waals surface area contributed by atoms with E-state index in [9.17, 15) is 4.79 Å². The maximum absolute atomic E-state index is 11.3. The second kappa shape index (κ2) is 2.96. The summed E-state index contributed by atoms with van der Waals surface area (Å²) in [7, 11) is 1.79. The fraction of sp³-hybridized carbons (Fsp3) is 0.222. The van der Waals surface area contributed by atoms with Crippen LogP contribution in [0.4, 0.5) is 11.4 Å². The molecule has 0 fully saturated rings. The SMILES string of the molecule is CN1C(=O)Cc2ccc(NS)cc21. The number of carbonyl (C=O) groups excluding carboxylic acids is 1. The number of nitrogens with one attached hydrogen (secondary N) is 1. The molecular formula is C9H10N2OS. The third kappa shape index (κ3) is 1.27. The first kappa shape index (κ1) is 8.44. The maximum atomic E-state index is 11.3. The van der Waals surface area contributed by atoms with Crippen LogP contribution >= 0.6 is 12.8 Å². The van der Waals surface area contributed by atoms with Crippen molar-refractivity contribution in [3.63, 3.8) is 0 Å². The molecule has 1 aliphatic rings. The molecule has 0 saturated heterocycles. The lowest BCUT2D eigenvalue weighted by Crippen LogP contribution is -2.20. The highest BCUT2D eigenvalue weighted by atomic mass is 32.1. The monoisotopic (exact) mass is 194 g/mol. The minimum atomic E-state index is 0.145. The van der Waals surface area contributed by atoms with Crippen LogP contribution in [0.2, 0.25) is 0 Å². The number of thiol groups is 1. The van der Waals surface area contributed by atoms with Crippen molar-refractivity contribution in [2.75, 3.05) is 16.7 Å². The van der Waals surface area contributed by atoms with Gasteiger partial charge in [-0.1, -0.05) is 18.9 Å². The smallest absolute Gasteiger partial charge is 0.231 e. The highest BCUT2D eigenvalue weighted by Gasteiger charge is 2.23. The molecule has 1 amide bonds. The van der Waals surface area contributed by atoms with E-state index >= 15 is 0 Å². The van der Waals surface area contributed by atoms with Crippen molar-refractivity contribution < 1.29 is 4.79 Å². The van der Waals surface area contributed by atoms with Gasteiger partial charge in [0.2, 0.25) is 5.91 Å². The van der Waals surface area contributed by atoms with Gasteiger partial charge in [0, 0.05) is 18.4 Å². The fourth-order valence-corrected chi connectivity index (χ4v) is 1.65. The molecule has 0 spiro atoms. The second-order valence-electron chi connectivity index (χ2n) is 3.08. The summed E-state index contributed by atoms with van der Waals surface area (Å²) in [6.45, 7) is 0. The number of carbonyl (C=O) groups is 1. The molecule has 0 saturated carbocycles. The Kier molecular flexibility index (Phi) is 1.92. The van der Waals surface area contributed by atoms with Crippen molar-refractivity contribution in [2.45, 2.75) is 6.42 Å². The van der Waals surface area contributed by atoms with Gasteiger partial charge in [-0.05, 0) is 17.7 Å². The Bertz CT molecular complexity index is 365. The molecule has 0 unspecified atom stereocenters. The molecule has 0 radical (unpaired) electrons. The van der Waals surface area contributed by atoms with Crippen molar-refractivity contribution in [3.8, 4) is 0 Å². The average Bonchev–Trinajstić information content (AvgIpc) is 2.43. The zero-order valence-electron chi connectivity index (χ0n) is 7.24. The number of amides is 1. The normalized spacial score (nSPS) is 14.6. The Morgan fingerprint density at radius 2 is 2.31 bits per heavy atom. The predicted molar refractivity (Wildman–Crippen MR) is 56.2 cm³/mol. The topological polar surface area (TPSA) is 32.3 Å². The largest absolute Gasteiger partial charge is 0.332 e. The minimum absolute atomic E-state index is 0.145. The van der Waals surface area contributed by atoms with Crippen LogP contribution in [0.3, 0.4) is 0 Å². The molecule has 1 heterocycles. The van der Waals surface area contributed by atoms with Gasteiger partial charge in [-0.15, -0.1) is 0 Å². The molecule has 1 aromatic carbocycles. The molecule has 13 heavy (non-hydrogen) atoms. The highest BCUT2D eigenvalue weighted by Crippen LogP contribution is 2.30. The van der Waals surface area contributed by atoms with Crippen LogP contribution in [0.15, 0.2) is 18.2 Å². The Morgan fingerprint density at radius 1 is 1.54 bits per heavy atom. The molecule has 3 nitrogen and oxygen atoms in total. The first-order chi connectivity index (χ1) is 6.22. The van der Waals surface area contributed by atoms with Gasteiger partial charge in [0.25, 0.3) is 0 Å². The zero-order valence-corrected chi connectivity index (χ0v) is 8.14. The van der Waals surface area contributed by atoms with Gasteiger partial charge < -0.3 is 9.62 Å². The number of anilines is 2. The van der Waals surface area contributed by atoms with Crippen molar-refractivity contribution in [3.05, 3.63) is 23.8 Å². The number of benzene rings is 1. The summed E-state index contributed by atoms with van der Waals surface area (Å²) in [6, 6.07) is 5.79. The Balaban J connectivity index is 2.47. The number of nitrogens with zero attached hydrogens (tertiary/aromatic N) is 1. The third-order valence-corrected chi connectivity index (χ3v) is 2.55. The molecule has 0 atom stereocenters. The summed E-state index contributed by atoms with van der Waals surface area (Å²) >= 11 is 3.95. The predicted octanol–water partition coefficient (Wildman–Crippen LogP) is 1.46. The van der Waals surface area contributed by atoms with Crippen LogP contribution < -0.4 is 9.62 Å². The fourth-order valence-electron chi connectivity index (χ4n) is 1.51. The van der Waals surface area contributed by atoms with Crippen LogP contribution in [-0.2, 0) is 11.2 Å². The van der Waals surface area contributed by atoms with Gasteiger partial charge in [-0.2, -0.15) is 0 Å². The van der Waals surface area contributed by atoms with Crippen LogP contribution in [0.5, 0.6) is 0 Å². The second-order valence-corrected chi connectivity index (χ2v) is 3.31. The summed E-state index contributed by atoms with van der Waals surface area (Å²) in [5, 5.41) is 0. The first-order valence-corrected chi connectivity index (χ1v) is 4.46. The van der Waals surface area contributed by atoms with E-state index in [1.807, 2.05) is 18.2 Å². The van der Waals surface area contributed by atoms with Crippen LogP contribution in [-0.4, -0.2) is 13.0 Å². The number of likely N-dealkylation sites (N-methyl/N-ethyl adjacent to an activating group) is 1. The molecule has 68 valence electrons. The van der Waals surface area contributed by atoms with E-state index in [1.165, 1.54) is 0 Å². The zero-order chi connectivity index (χ0) is 9.42. The first-order valence-electron chi connectivity index (χ1n) is 4.02. The minimum Gasteiger partial charge on any atom is -0.332 e. The van der Waals surface area contributed by atoms with E-state index in [2.05, 4.69) is 17.5 Å². The summed E-state index contributed by atoms with van der Waals surface area (Å²) in [6.07, 6.45) is 0.513. The van der Waals surface area contributed by atoms with E-state index in [1.54, 1.807) is 11.9 Å².